The van der Waals surface area contributed by atoms with Crippen LogP contribution in [-0.2, 0) is 9.53 Å². The van der Waals surface area contributed by atoms with Crippen molar-refractivity contribution >= 4 is 17.9 Å². The fourth-order valence-electron chi connectivity index (χ4n) is 4.75. The zero-order chi connectivity index (χ0) is 26.4. The van der Waals surface area contributed by atoms with E-state index in [1.165, 1.54) is 4.90 Å². The van der Waals surface area contributed by atoms with Crippen molar-refractivity contribution in [3.05, 3.63) is 77.0 Å². The molecule has 2 heterocycles. The van der Waals surface area contributed by atoms with Gasteiger partial charge in [0.05, 0.1) is 25.3 Å². The number of rotatable bonds is 7. The van der Waals surface area contributed by atoms with E-state index in [9.17, 15) is 14.4 Å². The number of nitrogens with zero attached hydrogens (tertiary/aromatic N) is 3. The number of hydrogen-bond acceptors (Lipinski definition) is 6. The third kappa shape index (κ3) is 5.94. The van der Waals surface area contributed by atoms with E-state index in [4.69, 9.17) is 9.47 Å². The van der Waals surface area contributed by atoms with Crippen LogP contribution < -0.4 is 10.1 Å². The number of nitrogens with one attached hydrogen (secondary N) is 1. The predicted octanol–water partition coefficient (Wildman–Crippen LogP) is 3.06. The van der Waals surface area contributed by atoms with Gasteiger partial charge in [-0.25, -0.2) is 9.59 Å². The summed E-state index contributed by atoms with van der Waals surface area (Å²) in [5.74, 6) is 0.243. The Kier molecular flexibility index (Phi) is 8.45. The van der Waals surface area contributed by atoms with E-state index in [2.05, 4.69) is 10.2 Å². The third-order valence-electron chi connectivity index (χ3n) is 6.79. The topological polar surface area (TPSA) is 91.4 Å². The maximum Gasteiger partial charge on any atom is 0.338 e. The minimum atomic E-state index is -0.646. The summed E-state index contributed by atoms with van der Waals surface area (Å²) in [6.45, 7) is 4.95. The van der Waals surface area contributed by atoms with Crippen LogP contribution in [0, 0.1) is 0 Å². The van der Waals surface area contributed by atoms with Gasteiger partial charge in [0.15, 0.2) is 0 Å². The van der Waals surface area contributed by atoms with Gasteiger partial charge in [-0.2, -0.15) is 0 Å². The molecule has 9 nitrogen and oxygen atoms in total. The number of carbonyl (C=O) groups is 3. The summed E-state index contributed by atoms with van der Waals surface area (Å²) < 4.78 is 10.7. The third-order valence-corrected chi connectivity index (χ3v) is 6.79. The number of methoxy groups -OCH3 is 1. The summed E-state index contributed by atoms with van der Waals surface area (Å²) in [4.78, 5) is 44.7. The first-order valence-electron chi connectivity index (χ1n) is 12.6. The second-order valence-electron chi connectivity index (χ2n) is 9.08. The Hall–Kier alpha value is -3.85. The molecule has 0 radical (unpaired) electrons. The van der Waals surface area contributed by atoms with Gasteiger partial charge in [0.25, 0.3) is 5.91 Å². The van der Waals surface area contributed by atoms with E-state index in [1.807, 2.05) is 47.4 Å². The van der Waals surface area contributed by atoms with Crippen LogP contribution in [-0.4, -0.2) is 86.1 Å². The zero-order valence-corrected chi connectivity index (χ0v) is 21.6. The van der Waals surface area contributed by atoms with Crippen molar-refractivity contribution in [2.75, 3.05) is 53.5 Å². The van der Waals surface area contributed by atoms with Crippen molar-refractivity contribution in [1.82, 2.24) is 20.0 Å². The molecule has 1 saturated heterocycles. The number of esters is 1. The molecule has 1 fully saturated rings. The first-order chi connectivity index (χ1) is 17.9. The van der Waals surface area contributed by atoms with E-state index in [-0.39, 0.29) is 18.5 Å². The van der Waals surface area contributed by atoms with Crippen LogP contribution in [0.3, 0.4) is 0 Å². The molecular formula is C28H34N4O5. The Balaban J connectivity index is 1.59. The highest BCUT2D eigenvalue weighted by atomic mass is 16.5. The predicted molar refractivity (Wildman–Crippen MR) is 139 cm³/mol. The van der Waals surface area contributed by atoms with Gasteiger partial charge in [0, 0.05) is 51.0 Å². The fourth-order valence-corrected chi connectivity index (χ4v) is 4.75. The van der Waals surface area contributed by atoms with Gasteiger partial charge in [-0.1, -0.05) is 30.3 Å². The number of likely N-dealkylation sites (N-methyl/N-ethyl adjacent to an activating group) is 1. The van der Waals surface area contributed by atoms with Crippen molar-refractivity contribution in [3.8, 4) is 5.75 Å². The smallest absolute Gasteiger partial charge is 0.338 e. The lowest BCUT2D eigenvalue weighted by Crippen LogP contribution is -2.49. The minimum Gasteiger partial charge on any atom is -0.497 e. The Morgan fingerprint density at radius 3 is 2.41 bits per heavy atom. The maximum absolute atomic E-state index is 13.2. The summed E-state index contributed by atoms with van der Waals surface area (Å²) in [5, 5.41) is 2.95. The molecule has 9 heteroatoms. The molecule has 2 aliphatic rings. The van der Waals surface area contributed by atoms with Gasteiger partial charge in [0.2, 0.25) is 0 Å². The molecule has 0 bridgehead atoms. The van der Waals surface area contributed by atoms with E-state index < -0.39 is 12.0 Å². The molecule has 0 aromatic heterocycles. The molecule has 2 aromatic carbocycles. The average Bonchev–Trinajstić information content (AvgIpc) is 3.17. The van der Waals surface area contributed by atoms with Gasteiger partial charge in [-0.05, 0) is 43.2 Å². The van der Waals surface area contributed by atoms with Gasteiger partial charge in [-0.15, -0.1) is 0 Å². The van der Waals surface area contributed by atoms with Gasteiger partial charge >= 0.3 is 12.0 Å². The Morgan fingerprint density at radius 1 is 1.00 bits per heavy atom. The lowest BCUT2D eigenvalue weighted by atomic mass is 9.94. The summed E-state index contributed by atoms with van der Waals surface area (Å²) in [6.07, 6.45) is 0.790. The lowest BCUT2D eigenvalue weighted by molar-refractivity contribution is -0.139. The first kappa shape index (κ1) is 26.2. The second-order valence-corrected chi connectivity index (χ2v) is 9.08. The number of hydrogen-bond donors (Lipinski definition) is 1. The number of carbonyl (C=O) groups excluding carboxylic acids is 3. The monoisotopic (exact) mass is 506 g/mol. The van der Waals surface area contributed by atoms with Crippen molar-refractivity contribution in [1.29, 1.82) is 0 Å². The van der Waals surface area contributed by atoms with Crippen molar-refractivity contribution < 1.29 is 23.9 Å². The molecule has 196 valence electrons. The quantitative estimate of drug-likeness (QED) is 0.581. The summed E-state index contributed by atoms with van der Waals surface area (Å²) in [7, 11) is 3.25. The Labute approximate surface area is 217 Å². The molecule has 1 N–H and O–H groups in total. The molecule has 0 saturated carbocycles. The molecule has 1 atom stereocenters. The Morgan fingerprint density at radius 2 is 1.73 bits per heavy atom. The van der Waals surface area contributed by atoms with Gasteiger partial charge in [0.1, 0.15) is 5.75 Å². The van der Waals surface area contributed by atoms with Gasteiger partial charge < -0.3 is 19.7 Å². The number of benzene rings is 2. The highest BCUT2D eigenvalue weighted by molar-refractivity contribution is 5.95. The maximum atomic E-state index is 13.2. The van der Waals surface area contributed by atoms with Crippen LogP contribution in [0.5, 0.6) is 5.75 Å². The second kappa shape index (κ2) is 11.9. The largest absolute Gasteiger partial charge is 0.497 e. The molecule has 0 aliphatic carbocycles. The van der Waals surface area contributed by atoms with Gasteiger partial charge in [-0.3, -0.25) is 14.6 Å². The van der Waals surface area contributed by atoms with Crippen LogP contribution >= 0.6 is 0 Å². The SMILES string of the molecule is CCOC(=O)C1=C(CN2CCCN(C(=O)c3ccccc3)CC2)N(C)C(=O)N[C@H]1c1ccc(OC)cc1. The van der Waals surface area contributed by atoms with Crippen LogP contribution in [0.1, 0.15) is 35.3 Å². The van der Waals surface area contributed by atoms with E-state index in [0.29, 0.717) is 48.8 Å². The standard InChI is InChI=1S/C28H34N4O5/c1-4-37-27(34)24-23(30(2)28(35)29-25(24)20-11-13-22(36-3)14-12-20)19-31-15-8-16-32(18-17-31)26(33)21-9-6-5-7-10-21/h5-7,9-14,25H,4,8,15-19H2,1-3H3,(H,29,35)/t25-/m0/s1. The van der Waals surface area contributed by atoms with Crippen LogP contribution in [0.15, 0.2) is 65.9 Å². The lowest BCUT2D eigenvalue weighted by Gasteiger charge is -2.36. The van der Waals surface area contributed by atoms with Crippen molar-refractivity contribution in [3.63, 3.8) is 0 Å². The molecule has 4 rings (SSSR count). The van der Waals surface area contributed by atoms with E-state index in [1.54, 1.807) is 33.2 Å². The molecule has 2 aliphatic heterocycles. The van der Waals surface area contributed by atoms with E-state index in [0.717, 1.165) is 18.5 Å². The number of ether oxygens (including phenoxy) is 2. The molecule has 37 heavy (non-hydrogen) atoms. The average molecular weight is 507 g/mol. The van der Waals surface area contributed by atoms with Crippen LogP contribution in [0.4, 0.5) is 4.79 Å². The molecular weight excluding hydrogens is 472 g/mol. The normalized spacial score (nSPS) is 18.8. The van der Waals surface area contributed by atoms with Crippen LogP contribution in [0.25, 0.3) is 0 Å². The number of urea groups is 1. The van der Waals surface area contributed by atoms with E-state index >= 15 is 0 Å². The minimum absolute atomic E-state index is 0.0163. The summed E-state index contributed by atoms with van der Waals surface area (Å²) in [6, 6.07) is 15.6. The fraction of sp³-hybridized carbons (Fsp3) is 0.393. The summed E-state index contributed by atoms with van der Waals surface area (Å²) in [5.41, 5.74) is 2.45. The first-order valence-corrected chi connectivity index (χ1v) is 12.6. The Bertz CT molecular complexity index is 1150. The highest BCUT2D eigenvalue weighted by Crippen LogP contribution is 2.32. The molecule has 3 amide bonds. The van der Waals surface area contributed by atoms with Crippen molar-refractivity contribution in [2.45, 2.75) is 19.4 Å². The highest BCUT2D eigenvalue weighted by Gasteiger charge is 2.37. The molecule has 0 unspecified atom stereocenters. The summed E-state index contributed by atoms with van der Waals surface area (Å²) >= 11 is 0. The van der Waals surface area contributed by atoms with Crippen LogP contribution in [0.2, 0.25) is 0 Å². The zero-order valence-electron chi connectivity index (χ0n) is 21.6. The molecule has 2 aromatic rings. The molecule has 0 spiro atoms. The van der Waals surface area contributed by atoms with Crippen molar-refractivity contribution in [2.24, 2.45) is 0 Å². The number of amides is 3.